The van der Waals surface area contributed by atoms with Crippen molar-refractivity contribution in [3.05, 3.63) is 35.4 Å². The number of hydrogen-bond donors (Lipinski definition) is 0. The molecule has 3 saturated heterocycles. The van der Waals surface area contributed by atoms with E-state index < -0.39 is 0 Å². The molecule has 1 atom stereocenters. The fraction of sp³-hybridized carbons (Fsp3) is 0.533. The van der Waals surface area contributed by atoms with E-state index in [-0.39, 0.29) is 5.92 Å². The van der Waals surface area contributed by atoms with Gasteiger partial charge in [0, 0.05) is 18.0 Å². The number of carbonyl (C=O) groups excluding carboxylic acids is 1. The van der Waals surface area contributed by atoms with Crippen LogP contribution in [-0.2, 0) is 0 Å². The molecule has 0 unspecified atom stereocenters. The third-order valence-electron chi connectivity index (χ3n) is 4.33. The van der Waals surface area contributed by atoms with E-state index in [2.05, 4.69) is 11.8 Å². The molecule has 90 valence electrons. The molecule has 0 saturated carbocycles. The smallest absolute Gasteiger partial charge is 0.167 e. The van der Waals surface area contributed by atoms with Crippen LogP contribution in [0.15, 0.2) is 24.3 Å². The van der Waals surface area contributed by atoms with Crippen LogP contribution in [0.3, 0.4) is 0 Å². The van der Waals surface area contributed by atoms with E-state index in [1.54, 1.807) is 0 Å². The van der Waals surface area contributed by atoms with Crippen molar-refractivity contribution in [1.29, 1.82) is 0 Å². The first kappa shape index (κ1) is 11.0. The zero-order valence-corrected chi connectivity index (χ0v) is 10.4. The molecule has 3 heterocycles. The Labute approximate surface area is 103 Å². The Morgan fingerprint density at radius 1 is 1.18 bits per heavy atom. The largest absolute Gasteiger partial charge is 0.303 e. The van der Waals surface area contributed by atoms with Crippen LogP contribution < -0.4 is 0 Å². The van der Waals surface area contributed by atoms with E-state index in [4.69, 9.17) is 0 Å². The number of nitrogens with zero attached hydrogens (tertiary/aromatic N) is 1. The summed E-state index contributed by atoms with van der Waals surface area (Å²) in [5.74, 6) is 1.24. The molecule has 0 amide bonds. The molecule has 0 aromatic heterocycles. The molecule has 4 rings (SSSR count). The molecule has 0 N–H and O–H groups in total. The maximum Gasteiger partial charge on any atom is 0.167 e. The van der Waals surface area contributed by atoms with Crippen LogP contribution >= 0.6 is 0 Å². The zero-order valence-electron chi connectivity index (χ0n) is 10.4. The minimum Gasteiger partial charge on any atom is -0.303 e. The summed E-state index contributed by atoms with van der Waals surface area (Å²) < 4.78 is 0. The molecule has 1 aromatic rings. The molecule has 0 spiro atoms. The maximum absolute atomic E-state index is 12.5. The molecule has 1 aromatic carbocycles. The number of piperidine rings is 3. The summed E-state index contributed by atoms with van der Waals surface area (Å²) in [5, 5.41) is 0. The van der Waals surface area contributed by atoms with Gasteiger partial charge in [-0.25, -0.2) is 0 Å². The number of aryl methyl sites for hydroxylation is 1. The maximum atomic E-state index is 12.5. The monoisotopic (exact) mass is 229 g/mol. The third kappa shape index (κ3) is 2.02. The third-order valence-corrected chi connectivity index (χ3v) is 4.33. The molecule has 0 radical (unpaired) electrons. The first-order valence-corrected chi connectivity index (χ1v) is 6.57. The van der Waals surface area contributed by atoms with Gasteiger partial charge in [0.2, 0.25) is 0 Å². The number of carbonyl (C=O) groups is 1. The highest BCUT2D eigenvalue weighted by atomic mass is 16.1. The van der Waals surface area contributed by atoms with Gasteiger partial charge in [0.05, 0.1) is 0 Å². The van der Waals surface area contributed by atoms with Crippen molar-refractivity contribution in [2.45, 2.75) is 19.8 Å². The van der Waals surface area contributed by atoms with E-state index in [0.29, 0.717) is 11.7 Å². The van der Waals surface area contributed by atoms with Crippen molar-refractivity contribution in [1.82, 2.24) is 4.90 Å². The normalized spacial score (nSPS) is 31.5. The van der Waals surface area contributed by atoms with Gasteiger partial charge in [-0.2, -0.15) is 0 Å². The first-order chi connectivity index (χ1) is 8.24. The number of hydrogen-bond acceptors (Lipinski definition) is 2. The number of ketones is 1. The lowest BCUT2D eigenvalue weighted by Crippen LogP contribution is -2.50. The summed E-state index contributed by atoms with van der Waals surface area (Å²) in [6.45, 7) is 5.44. The van der Waals surface area contributed by atoms with Gasteiger partial charge in [-0.15, -0.1) is 0 Å². The predicted octanol–water partition coefficient (Wildman–Crippen LogP) is 2.52. The molecular weight excluding hydrogens is 210 g/mol. The van der Waals surface area contributed by atoms with Crippen LogP contribution in [0.25, 0.3) is 0 Å². The van der Waals surface area contributed by atoms with Crippen molar-refractivity contribution in [2.75, 3.05) is 19.6 Å². The van der Waals surface area contributed by atoms with Gasteiger partial charge in [-0.3, -0.25) is 4.79 Å². The minimum absolute atomic E-state index is 0.250. The standard InChI is InChI=1S/C15H19NO/c1-11-2-4-13(5-3-11)15(17)14-10-16-8-6-12(14)7-9-16/h2-5,12,14H,6-10H2,1H3/t14-/m0/s1. The molecular formula is C15H19NO. The second-order valence-electron chi connectivity index (χ2n) is 5.47. The Bertz CT molecular complexity index is 415. The number of rotatable bonds is 2. The molecule has 3 fully saturated rings. The van der Waals surface area contributed by atoms with E-state index in [1.165, 1.54) is 31.5 Å². The van der Waals surface area contributed by atoms with E-state index in [9.17, 15) is 4.79 Å². The van der Waals surface area contributed by atoms with Crippen LogP contribution in [-0.4, -0.2) is 30.3 Å². The van der Waals surface area contributed by atoms with Crippen molar-refractivity contribution in [3.63, 3.8) is 0 Å². The van der Waals surface area contributed by atoms with Crippen LogP contribution in [0.2, 0.25) is 0 Å². The molecule has 2 nitrogen and oxygen atoms in total. The minimum atomic E-state index is 0.250. The van der Waals surface area contributed by atoms with Gasteiger partial charge in [-0.1, -0.05) is 29.8 Å². The Kier molecular flexibility index (Phi) is 2.75. The lowest BCUT2D eigenvalue weighted by molar-refractivity contribution is 0.0419. The van der Waals surface area contributed by atoms with Crippen molar-refractivity contribution in [2.24, 2.45) is 11.8 Å². The van der Waals surface area contributed by atoms with Crippen molar-refractivity contribution in [3.8, 4) is 0 Å². The van der Waals surface area contributed by atoms with Gasteiger partial charge in [0.1, 0.15) is 0 Å². The van der Waals surface area contributed by atoms with Crippen LogP contribution in [0, 0.1) is 18.8 Å². The van der Waals surface area contributed by atoms with E-state index >= 15 is 0 Å². The summed E-state index contributed by atoms with van der Waals surface area (Å²) in [4.78, 5) is 14.9. The lowest BCUT2D eigenvalue weighted by Gasteiger charge is -2.44. The number of Topliss-reactive ketones (excluding diaryl/α,β-unsaturated/α-hetero) is 1. The van der Waals surface area contributed by atoms with Gasteiger partial charge < -0.3 is 4.90 Å². The van der Waals surface area contributed by atoms with E-state index in [1.807, 2.05) is 24.3 Å². The lowest BCUT2D eigenvalue weighted by atomic mass is 9.75. The highest BCUT2D eigenvalue weighted by molar-refractivity contribution is 5.98. The Morgan fingerprint density at radius 3 is 2.35 bits per heavy atom. The van der Waals surface area contributed by atoms with Crippen LogP contribution in [0.1, 0.15) is 28.8 Å². The second kappa shape index (κ2) is 4.26. The summed E-state index contributed by atoms with van der Waals surface area (Å²) in [7, 11) is 0. The molecule has 2 heteroatoms. The van der Waals surface area contributed by atoms with Gasteiger partial charge in [0.25, 0.3) is 0 Å². The molecule has 3 aliphatic rings. The highest BCUT2D eigenvalue weighted by Crippen LogP contribution is 2.34. The topological polar surface area (TPSA) is 20.3 Å². The summed E-state index contributed by atoms with van der Waals surface area (Å²) in [6, 6.07) is 8.04. The highest BCUT2D eigenvalue weighted by Gasteiger charge is 2.38. The van der Waals surface area contributed by atoms with Gasteiger partial charge >= 0.3 is 0 Å². The predicted molar refractivity (Wildman–Crippen MR) is 68.2 cm³/mol. The fourth-order valence-corrected chi connectivity index (χ4v) is 3.19. The number of fused-ring (bicyclic) bond motifs is 3. The fourth-order valence-electron chi connectivity index (χ4n) is 3.19. The molecule has 3 aliphatic heterocycles. The molecule has 0 aliphatic carbocycles. The average molecular weight is 229 g/mol. The van der Waals surface area contributed by atoms with Crippen LogP contribution in [0.5, 0.6) is 0 Å². The van der Waals surface area contributed by atoms with Crippen LogP contribution in [0.4, 0.5) is 0 Å². The van der Waals surface area contributed by atoms with Crippen molar-refractivity contribution >= 4 is 5.78 Å². The summed E-state index contributed by atoms with van der Waals surface area (Å²) in [5.41, 5.74) is 2.12. The first-order valence-electron chi connectivity index (χ1n) is 6.57. The average Bonchev–Trinajstić information content (AvgIpc) is 2.40. The second-order valence-corrected chi connectivity index (χ2v) is 5.47. The number of benzene rings is 1. The SMILES string of the molecule is Cc1ccc(C(=O)[C@H]2CN3CCC2CC3)cc1. The Morgan fingerprint density at radius 2 is 1.82 bits per heavy atom. The summed E-state index contributed by atoms with van der Waals surface area (Å²) in [6.07, 6.45) is 2.42. The van der Waals surface area contributed by atoms with Gasteiger partial charge in [0.15, 0.2) is 5.78 Å². The Hall–Kier alpha value is -1.15. The molecule has 2 bridgehead atoms. The zero-order chi connectivity index (χ0) is 11.8. The van der Waals surface area contributed by atoms with Crippen molar-refractivity contribution < 1.29 is 4.79 Å². The van der Waals surface area contributed by atoms with E-state index in [0.717, 1.165) is 12.1 Å². The van der Waals surface area contributed by atoms with Gasteiger partial charge in [-0.05, 0) is 38.8 Å². The Balaban J connectivity index is 1.80. The quantitative estimate of drug-likeness (QED) is 0.726. The molecule has 17 heavy (non-hydrogen) atoms. The summed E-state index contributed by atoms with van der Waals surface area (Å²) >= 11 is 0.